The first-order valence-corrected chi connectivity index (χ1v) is 8.36. The summed E-state index contributed by atoms with van der Waals surface area (Å²) in [4.78, 5) is 24.1. The summed E-state index contributed by atoms with van der Waals surface area (Å²) < 4.78 is 44.4. The number of halogens is 2. The second-order valence-corrected chi connectivity index (χ2v) is 6.09. The molecule has 1 atom stereocenters. The summed E-state index contributed by atoms with van der Waals surface area (Å²) in [6, 6.07) is 12.5. The molecule has 0 unspecified atom stereocenters. The van der Waals surface area contributed by atoms with Crippen LogP contribution in [-0.2, 0) is 19.9 Å². The fourth-order valence-corrected chi connectivity index (χ4v) is 3.21. The van der Waals surface area contributed by atoms with E-state index in [9.17, 15) is 18.4 Å². The van der Waals surface area contributed by atoms with Crippen molar-refractivity contribution in [2.45, 2.75) is 24.9 Å². The molecule has 0 N–H and O–H groups in total. The van der Waals surface area contributed by atoms with Gasteiger partial charge in [0.25, 0.3) is 0 Å². The van der Waals surface area contributed by atoms with E-state index in [1.54, 1.807) is 30.3 Å². The van der Waals surface area contributed by atoms with Crippen molar-refractivity contribution >= 4 is 11.9 Å². The zero-order valence-corrected chi connectivity index (χ0v) is 14.8. The minimum absolute atomic E-state index is 0.180. The molecule has 0 bridgehead atoms. The van der Waals surface area contributed by atoms with Crippen LogP contribution in [0.2, 0.25) is 0 Å². The highest BCUT2D eigenvalue weighted by Crippen LogP contribution is 2.48. The maximum Gasteiger partial charge on any atom is 0.377 e. The molecule has 7 heteroatoms. The van der Waals surface area contributed by atoms with Crippen LogP contribution in [0.1, 0.15) is 34.8 Å². The number of fused-ring (bicyclic) bond motifs is 1. The molecule has 1 heterocycles. The summed E-state index contributed by atoms with van der Waals surface area (Å²) in [7, 11) is 1.48. The maximum atomic E-state index is 14.7. The second kappa shape index (κ2) is 6.98. The Kier molecular flexibility index (Phi) is 4.87. The van der Waals surface area contributed by atoms with E-state index in [0.717, 1.165) is 0 Å². The Morgan fingerprint density at radius 2 is 1.81 bits per heavy atom. The van der Waals surface area contributed by atoms with Crippen molar-refractivity contribution in [3.8, 4) is 5.75 Å². The van der Waals surface area contributed by atoms with Gasteiger partial charge in [-0.25, -0.2) is 9.59 Å². The molecule has 5 nitrogen and oxygen atoms in total. The van der Waals surface area contributed by atoms with Gasteiger partial charge in [-0.1, -0.05) is 30.3 Å². The lowest BCUT2D eigenvalue weighted by Gasteiger charge is -2.32. The van der Waals surface area contributed by atoms with Crippen LogP contribution >= 0.6 is 0 Å². The maximum absolute atomic E-state index is 14.7. The van der Waals surface area contributed by atoms with E-state index in [1.165, 1.54) is 32.2 Å². The number of ether oxygens (including phenoxy) is 3. The summed E-state index contributed by atoms with van der Waals surface area (Å²) >= 11 is 0. The number of alkyl halides is 2. The van der Waals surface area contributed by atoms with Crippen LogP contribution in [0.5, 0.6) is 5.75 Å². The lowest BCUT2D eigenvalue weighted by molar-refractivity contribution is -0.178. The second-order valence-electron chi connectivity index (χ2n) is 6.09. The summed E-state index contributed by atoms with van der Waals surface area (Å²) in [6.07, 6.45) is -1.06. The highest BCUT2D eigenvalue weighted by molar-refractivity contribution is 5.95. The van der Waals surface area contributed by atoms with E-state index >= 15 is 0 Å². The first kappa shape index (κ1) is 18.8. The summed E-state index contributed by atoms with van der Waals surface area (Å²) in [5.74, 6) is -5.71. The molecule has 0 spiro atoms. The molecular weight excluding hydrogens is 358 g/mol. The van der Waals surface area contributed by atoms with Crippen molar-refractivity contribution in [3.63, 3.8) is 0 Å². The van der Waals surface area contributed by atoms with Gasteiger partial charge >= 0.3 is 17.9 Å². The summed E-state index contributed by atoms with van der Waals surface area (Å²) in [5, 5.41) is 0. The molecule has 1 aliphatic rings. The van der Waals surface area contributed by atoms with Crippen molar-refractivity contribution in [2.75, 3.05) is 13.7 Å². The third-order valence-electron chi connectivity index (χ3n) is 4.45. The zero-order valence-electron chi connectivity index (χ0n) is 14.8. The van der Waals surface area contributed by atoms with Gasteiger partial charge in [0.1, 0.15) is 5.75 Å². The highest BCUT2D eigenvalue weighted by Gasteiger charge is 2.56. The number of esters is 2. The molecule has 27 heavy (non-hydrogen) atoms. The van der Waals surface area contributed by atoms with Crippen LogP contribution in [0.25, 0.3) is 0 Å². The van der Waals surface area contributed by atoms with Crippen LogP contribution in [0.4, 0.5) is 8.78 Å². The molecule has 2 aromatic carbocycles. The monoisotopic (exact) mass is 376 g/mol. The third kappa shape index (κ3) is 3.25. The van der Waals surface area contributed by atoms with Crippen LogP contribution in [-0.4, -0.2) is 31.6 Å². The number of methoxy groups -OCH3 is 1. The van der Waals surface area contributed by atoms with Gasteiger partial charge in [0.05, 0.1) is 25.7 Å². The molecule has 0 radical (unpaired) electrons. The fourth-order valence-electron chi connectivity index (χ4n) is 3.21. The van der Waals surface area contributed by atoms with Gasteiger partial charge in [-0.05, 0) is 25.1 Å². The molecule has 0 amide bonds. The van der Waals surface area contributed by atoms with Gasteiger partial charge in [0.2, 0.25) is 0 Å². The fraction of sp³-hybridized carbons (Fsp3) is 0.300. The van der Waals surface area contributed by atoms with Gasteiger partial charge in [0, 0.05) is 11.1 Å². The van der Waals surface area contributed by atoms with E-state index in [0.29, 0.717) is 11.3 Å². The van der Waals surface area contributed by atoms with Crippen molar-refractivity contribution in [1.29, 1.82) is 0 Å². The molecule has 0 aliphatic carbocycles. The van der Waals surface area contributed by atoms with Gasteiger partial charge in [-0.3, -0.25) is 0 Å². The molecule has 3 rings (SSSR count). The van der Waals surface area contributed by atoms with E-state index in [2.05, 4.69) is 4.74 Å². The Bertz CT molecular complexity index is 863. The zero-order chi connectivity index (χ0) is 19.7. The minimum Gasteiger partial charge on any atom is -0.497 e. The average molecular weight is 376 g/mol. The Morgan fingerprint density at radius 1 is 1.15 bits per heavy atom. The number of benzene rings is 2. The van der Waals surface area contributed by atoms with Crippen LogP contribution in [0.3, 0.4) is 0 Å². The Hall–Kier alpha value is -2.96. The number of cyclic esters (lactones) is 1. The predicted molar refractivity (Wildman–Crippen MR) is 91.8 cm³/mol. The number of carbonyl (C=O) groups is 2. The molecule has 1 aliphatic heterocycles. The van der Waals surface area contributed by atoms with Gasteiger partial charge < -0.3 is 14.2 Å². The first-order chi connectivity index (χ1) is 12.8. The topological polar surface area (TPSA) is 61.8 Å². The minimum atomic E-state index is -3.85. The third-order valence-corrected chi connectivity index (χ3v) is 4.45. The Morgan fingerprint density at radius 3 is 2.44 bits per heavy atom. The van der Waals surface area contributed by atoms with Crippen molar-refractivity contribution < 1.29 is 32.6 Å². The highest BCUT2D eigenvalue weighted by atomic mass is 19.3. The van der Waals surface area contributed by atoms with E-state index in [1.807, 2.05) is 0 Å². The van der Waals surface area contributed by atoms with Crippen molar-refractivity contribution in [2.24, 2.45) is 0 Å². The number of hydrogen-bond donors (Lipinski definition) is 0. The SMILES string of the molecule is CCOC(=O)C(F)(F)C[C@@]1(c2ccc(OC)cc2)OC(=O)c2ccccc21. The largest absolute Gasteiger partial charge is 0.497 e. The molecule has 0 saturated carbocycles. The van der Waals surface area contributed by atoms with Gasteiger partial charge in [0.15, 0.2) is 5.60 Å². The normalized spacial score (nSPS) is 18.6. The Balaban J connectivity index is 2.13. The van der Waals surface area contributed by atoms with Crippen molar-refractivity contribution in [1.82, 2.24) is 0 Å². The molecule has 0 fully saturated rings. The molecule has 2 aromatic rings. The van der Waals surface area contributed by atoms with Crippen LogP contribution in [0.15, 0.2) is 48.5 Å². The van der Waals surface area contributed by atoms with Crippen LogP contribution < -0.4 is 4.74 Å². The van der Waals surface area contributed by atoms with Gasteiger partial charge in [-0.15, -0.1) is 0 Å². The first-order valence-electron chi connectivity index (χ1n) is 8.36. The average Bonchev–Trinajstić information content (AvgIpc) is 2.95. The van der Waals surface area contributed by atoms with E-state index in [-0.39, 0.29) is 17.7 Å². The van der Waals surface area contributed by atoms with Gasteiger partial charge in [-0.2, -0.15) is 8.78 Å². The smallest absolute Gasteiger partial charge is 0.377 e. The summed E-state index contributed by atoms with van der Waals surface area (Å²) in [5.41, 5.74) is -1.03. The molecule has 0 aromatic heterocycles. The van der Waals surface area contributed by atoms with Crippen LogP contribution in [0, 0.1) is 0 Å². The Labute approximate surface area is 154 Å². The standard InChI is InChI=1S/C20H18F2O5/c1-3-26-18(24)20(21,22)12-19(13-8-10-14(25-2)11-9-13)16-7-5-4-6-15(16)17(23)27-19/h4-11H,3,12H2,1-2H3/t19-/m0/s1. The number of carbonyl (C=O) groups excluding carboxylic acids is 2. The summed E-state index contributed by atoms with van der Waals surface area (Å²) in [6.45, 7) is 1.26. The number of rotatable bonds is 6. The molecular formula is C20H18F2O5. The number of hydrogen-bond acceptors (Lipinski definition) is 5. The lowest BCUT2D eigenvalue weighted by Crippen LogP contribution is -2.41. The van der Waals surface area contributed by atoms with E-state index in [4.69, 9.17) is 9.47 Å². The van der Waals surface area contributed by atoms with Crippen molar-refractivity contribution in [3.05, 3.63) is 65.2 Å². The molecule has 0 saturated heterocycles. The predicted octanol–water partition coefficient (Wildman–Crippen LogP) is 3.70. The lowest BCUT2D eigenvalue weighted by atomic mass is 9.81. The molecule has 142 valence electrons. The quantitative estimate of drug-likeness (QED) is 0.720. The van der Waals surface area contributed by atoms with E-state index < -0.39 is 29.9 Å².